The van der Waals surface area contributed by atoms with Gasteiger partial charge in [-0.05, 0) is 53.8 Å². The lowest BCUT2D eigenvalue weighted by atomic mass is 9.73. The number of anilines is 2. The standard InChI is InChI=1S/C38H41N3O5/c1-4-37-18-10-20-39(28-14-6-5-7-15-28)34(43)31(37)32-35(44)41(30(24-42)22-25(2)3)33-36(45)40(21-11-19-38(32,33)46-37)29-17-16-26-12-8-9-13-27(26)23-29/h5-19,23,25,30-33,42H,4,20-22,24H2,1-3H3/t30-,31-,32+,33?,37+,38+/m1/s1. The van der Waals surface area contributed by atoms with E-state index in [1.165, 1.54) is 0 Å². The molecule has 1 N–H and O–H groups in total. The summed E-state index contributed by atoms with van der Waals surface area (Å²) in [6.07, 6.45) is 8.63. The van der Waals surface area contributed by atoms with E-state index in [9.17, 15) is 14.7 Å². The van der Waals surface area contributed by atoms with E-state index in [2.05, 4.69) is 0 Å². The molecule has 0 aliphatic carbocycles. The minimum atomic E-state index is -1.40. The van der Waals surface area contributed by atoms with E-state index < -0.39 is 35.1 Å². The number of ether oxygens (including phenoxy) is 1. The third-order valence-electron chi connectivity index (χ3n) is 10.3. The van der Waals surface area contributed by atoms with Crippen LogP contribution in [-0.4, -0.2) is 70.7 Å². The molecule has 46 heavy (non-hydrogen) atoms. The number of fused-ring (bicyclic) bond motifs is 3. The third-order valence-corrected chi connectivity index (χ3v) is 10.3. The van der Waals surface area contributed by atoms with E-state index in [0.717, 1.165) is 16.5 Å². The Balaban J connectivity index is 1.38. The number of carbonyl (C=O) groups is 3. The molecule has 0 aromatic heterocycles. The zero-order chi connectivity index (χ0) is 32.2. The van der Waals surface area contributed by atoms with Gasteiger partial charge < -0.3 is 24.5 Å². The Labute approximate surface area is 269 Å². The Morgan fingerprint density at radius 1 is 0.804 bits per heavy atom. The van der Waals surface area contributed by atoms with Crippen molar-refractivity contribution in [2.45, 2.75) is 56.9 Å². The highest BCUT2D eigenvalue weighted by Gasteiger charge is 2.76. The second-order valence-corrected chi connectivity index (χ2v) is 13.4. The van der Waals surface area contributed by atoms with E-state index in [0.29, 0.717) is 25.1 Å². The van der Waals surface area contributed by atoms with Crippen LogP contribution in [-0.2, 0) is 19.1 Å². The van der Waals surface area contributed by atoms with Gasteiger partial charge >= 0.3 is 0 Å². The quantitative estimate of drug-likeness (QED) is 0.371. The lowest BCUT2D eigenvalue weighted by Crippen LogP contribution is -2.59. The fraction of sp³-hybridized carbons (Fsp3) is 0.395. The first kappa shape index (κ1) is 30.4. The number of hydrogen-bond acceptors (Lipinski definition) is 5. The molecule has 0 saturated carbocycles. The first-order chi connectivity index (χ1) is 22.2. The van der Waals surface area contributed by atoms with E-state index in [4.69, 9.17) is 4.74 Å². The number of aliphatic hydroxyl groups excluding tert-OH is 1. The maximum atomic E-state index is 15.0. The maximum absolute atomic E-state index is 15.0. The zero-order valence-corrected chi connectivity index (χ0v) is 26.6. The van der Waals surface area contributed by atoms with E-state index in [1.807, 2.05) is 118 Å². The van der Waals surface area contributed by atoms with Crippen LogP contribution in [0, 0.1) is 17.8 Å². The number of aliphatic hydroxyl groups is 1. The number of likely N-dealkylation sites (tertiary alicyclic amines) is 1. The highest BCUT2D eigenvalue weighted by Crippen LogP contribution is 2.59. The third kappa shape index (κ3) is 4.53. The second kappa shape index (κ2) is 11.5. The largest absolute Gasteiger partial charge is 0.394 e. The molecule has 6 atom stereocenters. The molecular formula is C38H41N3O5. The van der Waals surface area contributed by atoms with Gasteiger partial charge in [0.1, 0.15) is 11.6 Å². The summed E-state index contributed by atoms with van der Waals surface area (Å²) in [4.78, 5) is 49.7. The van der Waals surface area contributed by atoms with Gasteiger partial charge in [0, 0.05) is 24.5 Å². The van der Waals surface area contributed by atoms with Gasteiger partial charge in [0.2, 0.25) is 11.8 Å². The van der Waals surface area contributed by atoms with Crippen molar-refractivity contribution >= 4 is 39.9 Å². The molecule has 8 nitrogen and oxygen atoms in total. The summed E-state index contributed by atoms with van der Waals surface area (Å²) < 4.78 is 7.14. The molecule has 1 spiro atoms. The fourth-order valence-electron chi connectivity index (χ4n) is 8.33. The topological polar surface area (TPSA) is 90.4 Å². The summed E-state index contributed by atoms with van der Waals surface area (Å²) in [7, 11) is 0. The SMILES string of the molecule is CC[C@]12C=CCN(c3ccccc3)C(=O)[C@H]1[C@H]1C(=O)N([C@@H](CO)CC(C)C)C3C(=O)N(c4ccc5ccccc5c4)CC=C[C@@]31O2. The summed E-state index contributed by atoms with van der Waals surface area (Å²) in [6, 6.07) is 21.7. The number of hydrogen-bond donors (Lipinski definition) is 1. The molecule has 7 rings (SSSR count). The van der Waals surface area contributed by atoms with Gasteiger partial charge in [-0.1, -0.05) is 93.6 Å². The van der Waals surface area contributed by atoms with Gasteiger partial charge in [0.05, 0.1) is 30.1 Å². The van der Waals surface area contributed by atoms with E-state index >= 15 is 4.79 Å². The van der Waals surface area contributed by atoms with Crippen LogP contribution in [0.5, 0.6) is 0 Å². The second-order valence-electron chi connectivity index (χ2n) is 13.4. The van der Waals surface area contributed by atoms with Gasteiger partial charge in [-0.2, -0.15) is 0 Å². The van der Waals surface area contributed by atoms with Gasteiger partial charge in [0.15, 0.2) is 0 Å². The molecule has 2 fully saturated rings. The van der Waals surface area contributed by atoms with Crippen molar-refractivity contribution in [1.29, 1.82) is 0 Å². The van der Waals surface area contributed by atoms with E-state index in [1.54, 1.807) is 14.7 Å². The van der Waals surface area contributed by atoms with Crippen LogP contribution >= 0.6 is 0 Å². The molecule has 8 heteroatoms. The van der Waals surface area contributed by atoms with Crippen molar-refractivity contribution in [3.8, 4) is 0 Å². The average molecular weight is 620 g/mol. The molecule has 0 radical (unpaired) electrons. The van der Waals surface area contributed by atoms with Crippen LogP contribution in [0.25, 0.3) is 10.8 Å². The number of rotatable bonds is 7. The highest BCUT2D eigenvalue weighted by molar-refractivity contribution is 6.08. The summed E-state index contributed by atoms with van der Waals surface area (Å²) in [6.45, 7) is 6.37. The lowest BCUT2D eigenvalue weighted by Gasteiger charge is -2.41. The molecule has 4 aliphatic rings. The monoisotopic (exact) mass is 619 g/mol. The minimum Gasteiger partial charge on any atom is -0.394 e. The smallest absolute Gasteiger partial charge is 0.253 e. The Morgan fingerprint density at radius 3 is 2.17 bits per heavy atom. The van der Waals surface area contributed by atoms with E-state index in [-0.39, 0.29) is 36.8 Å². The van der Waals surface area contributed by atoms with Crippen molar-refractivity contribution in [3.63, 3.8) is 0 Å². The molecule has 4 heterocycles. The van der Waals surface area contributed by atoms with Crippen molar-refractivity contribution in [2.24, 2.45) is 17.8 Å². The molecular weight excluding hydrogens is 578 g/mol. The van der Waals surface area contributed by atoms with Crippen LogP contribution in [0.15, 0.2) is 97.1 Å². The fourth-order valence-corrected chi connectivity index (χ4v) is 8.33. The maximum Gasteiger partial charge on any atom is 0.253 e. The Morgan fingerprint density at radius 2 is 1.48 bits per heavy atom. The number of amides is 3. The Kier molecular flexibility index (Phi) is 7.60. The first-order valence-corrected chi connectivity index (χ1v) is 16.4. The zero-order valence-electron chi connectivity index (χ0n) is 26.6. The minimum absolute atomic E-state index is 0.154. The van der Waals surface area contributed by atoms with Crippen LogP contribution in [0.3, 0.4) is 0 Å². The molecule has 2 saturated heterocycles. The molecule has 3 aromatic carbocycles. The van der Waals surface area contributed by atoms with Crippen molar-refractivity contribution in [2.75, 3.05) is 29.5 Å². The Hall–Kier alpha value is -4.27. The predicted molar refractivity (Wildman–Crippen MR) is 178 cm³/mol. The molecule has 1 unspecified atom stereocenters. The van der Waals surface area contributed by atoms with Crippen molar-refractivity contribution in [3.05, 3.63) is 97.1 Å². The molecule has 4 aliphatic heterocycles. The van der Waals surface area contributed by atoms with Gasteiger partial charge in [-0.3, -0.25) is 14.4 Å². The number of nitrogens with zero attached hydrogens (tertiary/aromatic N) is 3. The Bertz CT molecular complexity index is 1740. The van der Waals surface area contributed by atoms with Crippen molar-refractivity contribution < 1.29 is 24.2 Å². The number of benzene rings is 3. The number of carbonyl (C=O) groups excluding carboxylic acids is 3. The average Bonchev–Trinajstić information content (AvgIpc) is 3.36. The molecule has 238 valence electrons. The summed E-state index contributed by atoms with van der Waals surface area (Å²) >= 11 is 0. The van der Waals surface area contributed by atoms with Gasteiger partial charge in [-0.25, -0.2) is 0 Å². The normalized spacial score (nSPS) is 29.6. The van der Waals surface area contributed by atoms with Gasteiger partial charge in [-0.15, -0.1) is 0 Å². The summed E-state index contributed by atoms with van der Waals surface area (Å²) in [5.41, 5.74) is -1.02. The molecule has 0 bridgehead atoms. The van der Waals surface area contributed by atoms with Crippen LogP contribution in [0.2, 0.25) is 0 Å². The highest BCUT2D eigenvalue weighted by atomic mass is 16.5. The first-order valence-electron chi connectivity index (χ1n) is 16.4. The van der Waals surface area contributed by atoms with Crippen LogP contribution in [0.4, 0.5) is 11.4 Å². The summed E-state index contributed by atoms with van der Waals surface area (Å²) in [5.74, 6) is -2.45. The predicted octanol–water partition coefficient (Wildman–Crippen LogP) is 5.11. The van der Waals surface area contributed by atoms with Crippen LogP contribution < -0.4 is 9.80 Å². The van der Waals surface area contributed by atoms with Gasteiger partial charge in [0.25, 0.3) is 5.91 Å². The molecule has 3 amide bonds. The van der Waals surface area contributed by atoms with Crippen molar-refractivity contribution in [1.82, 2.24) is 4.90 Å². The summed E-state index contributed by atoms with van der Waals surface area (Å²) in [5, 5.41) is 12.8. The lowest BCUT2D eigenvalue weighted by molar-refractivity contribution is -0.149. The number of para-hydroxylation sites is 1. The van der Waals surface area contributed by atoms with Crippen LogP contribution in [0.1, 0.15) is 33.6 Å². The molecule has 3 aromatic rings.